The van der Waals surface area contributed by atoms with Gasteiger partial charge in [0.2, 0.25) is 0 Å². The molecule has 0 atom stereocenters. The van der Waals surface area contributed by atoms with E-state index in [-0.39, 0.29) is 0 Å². The predicted octanol–water partition coefficient (Wildman–Crippen LogP) is 3.22. The van der Waals surface area contributed by atoms with Crippen molar-refractivity contribution in [3.63, 3.8) is 0 Å². The van der Waals surface area contributed by atoms with Crippen LogP contribution < -0.4 is 0 Å². The summed E-state index contributed by atoms with van der Waals surface area (Å²) in [5.41, 5.74) is 0.692. The van der Waals surface area contributed by atoms with Gasteiger partial charge in [0.25, 0.3) is 0 Å². The lowest BCUT2D eigenvalue weighted by atomic mass is 10.4. The van der Waals surface area contributed by atoms with E-state index in [1.165, 1.54) is 0 Å². The summed E-state index contributed by atoms with van der Waals surface area (Å²) >= 11 is 0. The van der Waals surface area contributed by atoms with Crippen LogP contribution in [0.4, 0.5) is 0 Å². The van der Waals surface area contributed by atoms with Crippen molar-refractivity contribution in [3.8, 4) is 0 Å². The zero-order valence-electron chi connectivity index (χ0n) is 9.79. The minimum absolute atomic E-state index is 0.692. The van der Waals surface area contributed by atoms with Crippen molar-refractivity contribution in [2.24, 2.45) is 0 Å². The minimum Gasteiger partial charge on any atom is -0.357 e. The second-order valence-corrected chi connectivity index (χ2v) is 1.84. The van der Waals surface area contributed by atoms with E-state index in [0.29, 0.717) is 5.57 Å². The number of rotatable bonds is 3. The molecule has 0 heterocycles. The topological polar surface area (TPSA) is 20.3 Å². The number of carbonyl (C=O) groups is 1. The Hall–Kier alpha value is -1.05. The van der Waals surface area contributed by atoms with Gasteiger partial charge >= 0.3 is 0 Å². The summed E-state index contributed by atoms with van der Waals surface area (Å²) in [6, 6.07) is 0. The molecule has 0 fully saturated rings. The summed E-state index contributed by atoms with van der Waals surface area (Å²) in [5.74, 6) is 0. The van der Waals surface area contributed by atoms with Crippen molar-refractivity contribution in [1.82, 2.24) is 4.90 Å². The van der Waals surface area contributed by atoms with Crippen LogP contribution in [0.1, 0.15) is 34.6 Å². The van der Waals surface area contributed by atoms with Crippen molar-refractivity contribution in [2.75, 3.05) is 7.05 Å². The molecule has 0 spiro atoms. The van der Waals surface area contributed by atoms with Gasteiger partial charge < -0.3 is 4.90 Å². The fourth-order valence-corrected chi connectivity index (χ4v) is 0.404. The molecule has 0 aromatic carbocycles. The lowest BCUT2D eigenvalue weighted by Crippen LogP contribution is -2.00. The van der Waals surface area contributed by atoms with Crippen LogP contribution in [-0.2, 0) is 4.79 Å². The number of allylic oxidation sites excluding steroid dienone is 1. The summed E-state index contributed by atoms with van der Waals surface area (Å²) in [5, 5.41) is 0. The maximum atomic E-state index is 10.0. The van der Waals surface area contributed by atoms with E-state index in [2.05, 4.69) is 6.58 Å². The van der Waals surface area contributed by atoms with Crippen molar-refractivity contribution < 1.29 is 4.79 Å². The molecule has 0 aliphatic heterocycles. The predicted molar refractivity (Wildman–Crippen MR) is 60.5 cm³/mol. The maximum Gasteiger partial charge on any atom is 0.147 e. The largest absolute Gasteiger partial charge is 0.357 e. The molecular weight excluding hydrogens is 162 g/mol. The van der Waals surface area contributed by atoms with E-state index in [4.69, 9.17) is 0 Å². The first-order valence-corrected chi connectivity index (χ1v) is 4.68. The molecule has 0 radical (unpaired) electrons. The molecule has 2 nitrogen and oxygen atoms in total. The first-order chi connectivity index (χ1) is 6.20. The van der Waals surface area contributed by atoms with Gasteiger partial charge in [-0.15, -0.1) is 0 Å². The monoisotopic (exact) mass is 185 g/mol. The normalized spacial score (nSPS) is 8.31. The molecule has 0 aromatic heterocycles. The Labute approximate surface area is 82.9 Å². The number of aldehydes is 1. The van der Waals surface area contributed by atoms with Crippen LogP contribution in [0.2, 0.25) is 0 Å². The molecule has 0 rings (SSSR count). The standard InChI is InChI=1S/C7H11NO.2C2H6/c1-4-8(3)5-7(2)6-9;2*1-2/h4-6H,1H2,2-3H3;2*1-2H3/b7-5+;;. The first kappa shape index (κ1) is 17.9. The Kier molecular flexibility index (Phi) is 23.6. The summed E-state index contributed by atoms with van der Waals surface area (Å²) in [7, 11) is 1.82. The molecular formula is C11H23NO. The molecule has 0 aliphatic carbocycles. The van der Waals surface area contributed by atoms with Crippen LogP contribution >= 0.6 is 0 Å². The second kappa shape index (κ2) is 17.2. The van der Waals surface area contributed by atoms with E-state index < -0.39 is 0 Å². The summed E-state index contributed by atoms with van der Waals surface area (Å²) in [4.78, 5) is 11.8. The van der Waals surface area contributed by atoms with Gasteiger partial charge in [0, 0.05) is 18.8 Å². The average Bonchev–Trinajstić information content (AvgIpc) is 2.23. The third-order valence-electron chi connectivity index (χ3n) is 0.881. The van der Waals surface area contributed by atoms with Gasteiger partial charge in [0.1, 0.15) is 6.29 Å². The summed E-state index contributed by atoms with van der Waals surface area (Å²) < 4.78 is 0. The van der Waals surface area contributed by atoms with E-state index >= 15 is 0 Å². The summed E-state index contributed by atoms with van der Waals surface area (Å²) in [6.45, 7) is 13.3. The molecule has 0 aliphatic rings. The van der Waals surface area contributed by atoms with Crippen molar-refractivity contribution in [1.29, 1.82) is 0 Å². The number of nitrogens with zero attached hydrogens (tertiary/aromatic N) is 1. The second-order valence-electron chi connectivity index (χ2n) is 1.84. The van der Waals surface area contributed by atoms with Crippen LogP contribution in [0.5, 0.6) is 0 Å². The highest BCUT2D eigenvalue weighted by atomic mass is 16.1. The number of hydrogen-bond acceptors (Lipinski definition) is 2. The molecule has 78 valence electrons. The lowest BCUT2D eigenvalue weighted by Gasteiger charge is -2.04. The smallest absolute Gasteiger partial charge is 0.147 e. The Morgan fingerprint density at radius 2 is 1.62 bits per heavy atom. The van der Waals surface area contributed by atoms with E-state index in [9.17, 15) is 4.79 Å². The van der Waals surface area contributed by atoms with Crippen molar-refractivity contribution in [2.45, 2.75) is 34.6 Å². The number of hydrogen-bond donors (Lipinski definition) is 0. The highest BCUT2D eigenvalue weighted by Gasteiger charge is 1.84. The first-order valence-electron chi connectivity index (χ1n) is 4.68. The zero-order chi connectivity index (χ0) is 11.3. The molecule has 0 N–H and O–H groups in total. The van der Waals surface area contributed by atoms with Crippen LogP contribution in [0, 0.1) is 0 Å². The average molecular weight is 185 g/mol. The van der Waals surface area contributed by atoms with Crippen LogP contribution in [0.15, 0.2) is 24.6 Å². The van der Waals surface area contributed by atoms with Crippen molar-refractivity contribution >= 4 is 6.29 Å². The van der Waals surface area contributed by atoms with Crippen molar-refractivity contribution in [3.05, 3.63) is 24.6 Å². The van der Waals surface area contributed by atoms with Gasteiger partial charge in [-0.25, -0.2) is 0 Å². The van der Waals surface area contributed by atoms with Gasteiger partial charge in [0.15, 0.2) is 0 Å². The molecule has 0 amide bonds. The van der Waals surface area contributed by atoms with Crippen LogP contribution in [-0.4, -0.2) is 18.2 Å². The Balaban J connectivity index is -0.000000218. The molecule has 13 heavy (non-hydrogen) atoms. The summed E-state index contributed by atoms with van der Waals surface area (Å²) in [6.07, 6.45) is 4.15. The number of carbonyl (C=O) groups excluding carboxylic acids is 1. The van der Waals surface area contributed by atoms with Gasteiger partial charge in [0.05, 0.1) is 0 Å². The van der Waals surface area contributed by atoms with E-state index in [1.807, 2.05) is 34.7 Å². The third kappa shape index (κ3) is 18.2. The van der Waals surface area contributed by atoms with Gasteiger partial charge in [-0.2, -0.15) is 0 Å². The highest BCUT2D eigenvalue weighted by Crippen LogP contribution is 1.90. The fourth-order valence-electron chi connectivity index (χ4n) is 0.404. The van der Waals surface area contributed by atoms with E-state index in [0.717, 1.165) is 6.29 Å². The minimum atomic E-state index is 0.692. The molecule has 0 unspecified atom stereocenters. The molecule has 0 bridgehead atoms. The Morgan fingerprint density at radius 1 is 1.23 bits per heavy atom. The van der Waals surface area contributed by atoms with Gasteiger partial charge in [-0.3, -0.25) is 4.79 Å². The van der Waals surface area contributed by atoms with E-state index in [1.54, 1.807) is 24.2 Å². The maximum absolute atomic E-state index is 10.0. The zero-order valence-corrected chi connectivity index (χ0v) is 9.79. The Morgan fingerprint density at radius 3 is 1.85 bits per heavy atom. The quantitative estimate of drug-likeness (QED) is 0.497. The Bertz CT molecular complexity index is 139. The van der Waals surface area contributed by atoms with Crippen LogP contribution in [0.3, 0.4) is 0 Å². The molecule has 2 heteroatoms. The third-order valence-corrected chi connectivity index (χ3v) is 0.881. The van der Waals surface area contributed by atoms with Gasteiger partial charge in [-0.1, -0.05) is 34.3 Å². The lowest BCUT2D eigenvalue weighted by molar-refractivity contribution is -0.104. The van der Waals surface area contributed by atoms with Gasteiger partial charge in [-0.05, 0) is 13.1 Å². The molecule has 0 saturated carbocycles. The molecule has 0 aromatic rings. The SMILES string of the molecule is C=CN(C)/C=C(\C)C=O.CC.CC. The highest BCUT2D eigenvalue weighted by molar-refractivity contribution is 5.71. The molecule has 0 saturated heterocycles. The fraction of sp³-hybridized carbons (Fsp3) is 0.545. The van der Waals surface area contributed by atoms with Crippen LogP contribution in [0.25, 0.3) is 0 Å².